The van der Waals surface area contributed by atoms with Crippen molar-refractivity contribution in [1.82, 2.24) is 10.1 Å². The van der Waals surface area contributed by atoms with Gasteiger partial charge in [-0.3, -0.25) is 0 Å². The van der Waals surface area contributed by atoms with E-state index in [1.54, 1.807) is 0 Å². The second-order valence-electron chi connectivity index (χ2n) is 4.66. The largest absolute Gasteiger partial charge is 0.485 e. The topological polar surface area (TPSA) is 57.4 Å². The molecule has 5 nitrogen and oxygen atoms in total. The van der Waals surface area contributed by atoms with Crippen LogP contribution in [-0.4, -0.2) is 16.2 Å². The molecule has 0 bridgehead atoms. The maximum Gasteiger partial charge on any atom is 0.255 e. The molecule has 0 spiro atoms. The summed E-state index contributed by atoms with van der Waals surface area (Å²) in [7, 11) is 0. The van der Waals surface area contributed by atoms with Crippen LogP contribution in [-0.2, 0) is 11.3 Å². The summed E-state index contributed by atoms with van der Waals surface area (Å²) in [5.74, 6) is 1.89. The Morgan fingerprint density at radius 3 is 2.84 bits per heavy atom. The van der Waals surface area contributed by atoms with E-state index < -0.39 is 0 Å². The minimum Gasteiger partial charge on any atom is -0.485 e. The van der Waals surface area contributed by atoms with Crippen LogP contribution in [0.3, 0.4) is 0 Å². The van der Waals surface area contributed by atoms with Crippen molar-refractivity contribution in [2.45, 2.75) is 38.6 Å². The van der Waals surface area contributed by atoms with Crippen molar-refractivity contribution in [2.75, 3.05) is 0 Å². The molecule has 0 unspecified atom stereocenters. The van der Waals surface area contributed by atoms with E-state index in [4.69, 9.17) is 14.0 Å². The summed E-state index contributed by atoms with van der Waals surface area (Å²) in [5.41, 5.74) is 0. The number of benzene rings is 1. The van der Waals surface area contributed by atoms with Gasteiger partial charge in [-0.1, -0.05) is 23.4 Å². The van der Waals surface area contributed by atoms with Crippen LogP contribution in [0.5, 0.6) is 5.75 Å². The van der Waals surface area contributed by atoms with E-state index in [0.717, 1.165) is 18.6 Å². The molecule has 1 aromatic heterocycles. The number of para-hydroxylation sites is 1. The van der Waals surface area contributed by atoms with E-state index in [2.05, 4.69) is 17.1 Å². The third-order valence-corrected chi connectivity index (χ3v) is 3.10. The molecule has 2 heterocycles. The molecule has 1 saturated heterocycles. The number of hydrogen-bond acceptors (Lipinski definition) is 5. The number of rotatable bonds is 4. The van der Waals surface area contributed by atoms with Crippen molar-refractivity contribution in [3.05, 3.63) is 42.0 Å². The average molecular weight is 260 g/mol. The van der Waals surface area contributed by atoms with Gasteiger partial charge in [-0.25, -0.2) is 0 Å². The predicted octanol–water partition coefficient (Wildman–Crippen LogP) is 2.89. The average Bonchev–Trinajstić information content (AvgIpc) is 3.06. The lowest BCUT2D eigenvalue weighted by Crippen LogP contribution is -2.02. The highest BCUT2D eigenvalue weighted by Crippen LogP contribution is 2.31. The third-order valence-electron chi connectivity index (χ3n) is 3.10. The number of nitrogens with zero attached hydrogens (tertiary/aromatic N) is 2. The van der Waals surface area contributed by atoms with Gasteiger partial charge in [0.1, 0.15) is 11.9 Å². The van der Waals surface area contributed by atoms with E-state index in [1.807, 2.05) is 30.3 Å². The maximum atomic E-state index is 5.69. The molecule has 1 aliphatic rings. The van der Waals surface area contributed by atoms with Gasteiger partial charge in [0, 0.05) is 0 Å². The smallest absolute Gasteiger partial charge is 0.255 e. The van der Waals surface area contributed by atoms with Crippen molar-refractivity contribution in [3.63, 3.8) is 0 Å². The lowest BCUT2D eigenvalue weighted by atomic mass is 10.2. The number of ether oxygens (including phenoxy) is 2. The van der Waals surface area contributed by atoms with Gasteiger partial charge in [0.05, 0.1) is 6.10 Å². The molecule has 0 aliphatic carbocycles. The predicted molar refractivity (Wildman–Crippen MR) is 67.6 cm³/mol. The SMILES string of the molecule is C[C@@H]1CC[C@@H](c2nc(COc3ccccc3)no2)O1. The van der Waals surface area contributed by atoms with Gasteiger partial charge in [-0.15, -0.1) is 0 Å². The summed E-state index contributed by atoms with van der Waals surface area (Å²) in [4.78, 5) is 4.31. The van der Waals surface area contributed by atoms with Crippen molar-refractivity contribution >= 4 is 0 Å². The number of hydrogen-bond donors (Lipinski definition) is 0. The molecule has 0 radical (unpaired) electrons. The summed E-state index contributed by atoms with van der Waals surface area (Å²) in [5, 5.41) is 3.91. The van der Waals surface area contributed by atoms with Crippen molar-refractivity contribution in [3.8, 4) is 5.75 Å². The fourth-order valence-electron chi connectivity index (χ4n) is 2.11. The Balaban J connectivity index is 1.59. The van der Waals surface area contributed by atoms with Gasteiger partial charge < -0.3 is 14.0 Å². The minimum atomic E-state index is -0.0621. The van der Waals surface area contributed by atoms with E-state index in [-0.39, 0.29) is 12.2 Å². The van der Waals surface area contributed by atoms with E-state index in [1.165, 1.54) is 0 Å². The summed E-state index contributed by atoms with van der Waals surface area (Å²) in [6.07, 6.45) is 2.17. The van der Waals surface area contributed by atoms with Gasteiger partial charge in [0.15, 0.2) is 6.61 Å². The molecule has 2 aromatic rings. The van der Waals surface area contributed by atoms with Gasteiger partial charge in [0.2, 0.25) is 5.82 Å². The molecule has 0 amide bonds. The van der Waals surface area contributed by atoms with Crippen LogP contribution in [0.1, 0.15) is 37.6 Å². The molecular weight excluding hydrogens is 244 g/mol. The fraction of sp³-hybridized carbons (Fsp3) is 0.429. The Morgan fingerprint density at radius 1 is 1.26 bits per heavy atom. The Labute approximate surface area is 111 Å². The maximum absolute atomic E-state index is 5.69. The Hall–Kier alpha value is -1.88. The summed E-state index contributed by atoms with van der Waals surface area (Å²) in [6, 6.07) is 9.57. The summed E-state index contributed by atoms with van der Waals surface area (Å²) >= 11 is 0. The van der Waals surface area contributed by atoms with Crippen LogP contribution in [0, 0.1) is 0 Å². The first-order valence-electron chi connectivity index (χ1n) is 6.47. The van der Waals surface area contributed by atoms with E-state index in [0.29, 0.717) is 18.3 Å². The highest BCUT2D eigenvalue weighted by molar-refractivity contribution is 5.20. The van der Waals surface area contributed by atoms with Crippen molar-refractivity contribution in [2.24, 2.45) is 0 Å². The molecule has 0 N–H and O–H groups in total. The lowest BCUT2D eigenvalue weighted by molar-refractivity contribution is 0.0355. The van der Waals surface area contributed by atoms with Gasteiger partial charge in [-0.2, -0.15) is 4.98 Å². The standard InChI is InChI=1S/C14H16N2O3/c1-10-7-8-12(18-10)14-15-13(16-19-14)9-17-11-5-3-2-4-6-11/h2-6,10,12H,7-9H2,1H3/t10-,12+/m1/s1. The van der Waals surface area contributed by atoms with Crippen LogP contribution in [0.25, 0.3) is 0 Å². The molecular formula is C14H16N2O3. The molecule has 1 fully saturated rings. The highest BCUT2D eigenvalue weighted by Gasteiger charge is 2.28. The zero-order valence-electron chi connectivity index (χ0n) is 10.8. The molecule has 19 heavy (non-hydrogen) atoms. The van der Waals surface area contributed by atoms with Gasteiger partial charge in [-0.05, 0) is 31.9 Å². The zero-order valence-corrected chi connectivity index (χ0v) is 10.8. The second kappa shape index (κ2) is 5.40. The van der Waals surface area contributed by atoms with Crippen molar-refractivity contribution in [1.29, 1.82) is 0 Å². The van der Waals surface area contributed by atoms with Crippen LogP contribution in [0.2, 0.25) is 0 Å². The molecule has 5 heteroatoms. The first-order valence-corrected chi connectivity index (χ1v) is 6.47. The van der Waals surface area contributed by atoms with Crippen LogP contribution < -0.4 is 4.74 Å². The van der Waals surface area contributed by atoms with Crippen LogP contribution in [0.4, 0.5) is 0 Å². The zero-order chi connectivity index (χ0) is 13.1. The normalized spacial score (nSPS) is 22.6. The summed E-state index contributed by atoms with van der Waals surface area (Å²) < 4.78 is 16.5. The third kappa shape index (κ3) is 2.93. The Bertz CT molecular complexity index is 526. The van der Waals surface area contributed by atoms with Crippen LogP contribution >= 0.6 is 0 Å². The minimum absolute atomic E-state index is 0.0621. The van der Waals surface area contributed by atoms with Gasteiger partial charge >= 0.3 is 0 Å². The van der Waals surface area contributed by atoms with E-state index in [9.17, 15) is 0 Å². The van der Waals surface area contributed by atoms with Crippen molar-refractivity contribution < 1.29 is 14.0 Å². The molecule has 100 valence electrons. The second-order valence-corrected chi connectivity index (χ2v) is 4.66. The first kappa shape index (κ1) is 12.2. The first-order chi connectivity index (χ1) is 9.31. The molecule has 1 aromatic carbocycles. The van der Waals surface area contributed by atoms with E-state index >= 15 is 0 Å². The Kier molecular flexibility index (Phi) is 3.46. The lowest BCUT2D eigenvalue weighted by Gasteiger charge is -2.04. The quantitative estimate of drug-likeness (QED) is 0.846. The molecule has 2 atom stereocenters. The monoisotopic (exact) mass is 260 g/mol. The Morgan fingerprint density at radius 2 is 2.11 bits per heavy atom. The van der Waals surface area contributed by atoms with Crippen LogP contribution in [0.15, 0.2) is 34.9 Å². The highest BCUT2D eigenvalue weighted by atomic mass is 16.5. The molecule has 1 aliphatic heterocycles. The fourth-order valence-corrected chi connectivity index (χ4v) is 2.11. The summed E-state index contributed by atoms with van der Waals surface area (Å²) in [6.45, 7) is 2.35. The molecule has 3 rings (SSSR count). The number of aromatic nitrogens is 2. The van der Waals surface area contributed by atoms with Gasteiger partial charge in [0.25, 0.3) is 5.89 Å². The molecule has 0 saturated carbocycles.